The van der Waals surface area contributed by atoms with Gasteiger partial charge in [0.2, 0.25) is 0 Å². The molecule has 0 spiro atoms. The van der Waals surface area contributed by atoms with E-state index < -0.39 is 5.60 Å². The molecule has 0 atom stereocenters. The van der Waals surface area contributed by atoms with Crippen molar-refractivity contribution in [2.24, 2.45) is 0 Å². The predicted molar refractivity (Wildman–Crippen MR) is 42.1 cm³/mol. The van der Waals surface area contributed by atoms with E-state index in [0.717, 1.165) is 12.8 Å². The van der Waals surface area contributed by atoms with Crippen molar-refractivity contribution in [3.8, 4) is 0 Å². The third kappa shape index (κ3) is 1.61. The number of hydrogen-bond donors (Lipinski definition) is 1. The Labute approximate surface area is 70.1 Å². The molecule has 0 amide bonds. The zero-order valence-electron chi connectivity index (χ0n) is 6.63. The summed E-state index contributed by atoms with van der Waals surface area (Å²) in [6, 6.07) is 2.68. The molecule has 0 bridgehead atoms. The van der Waals surface area contributed by atoms with Crippen LogP contribution in [0.5, 0.6) is 0 Å². The van der Waals surface area contributed by atoms with Crippen molar-refractivity contribution in [1.29, 1.82) is 0 Å². The zero-order valence-corrected chi connectivity index (χ0v) is 6.63. The summed E-state index contributed by atoms with van der Waals surface area (Å²) in [5.74, 6) is -0.288. The Kier molecular flexibility index (Phi) is 1.61. The van der Waals surface area contributed by atoms with Gasteiger partial charge < -0.3 is 5.11 Å². The SMILES string of the molecule is OC1(Cc2cc(F)ccn2)CC1. The highest BCUT2D eigenvalue weighted by Gasteiger charge is 2.40. The summed E-state index contributed by atoms with van der Waals surface area (Å²) in [5, 5.41) is 9.51. The van der Waals surface area contributed by atoms with Crippen LogP contribution in [0.25, 0.3) is 0 Å². The fourth-order valence-electron chi connectivity index (χ4n) is 1.20. The lowest BCUT2D eigenvalue weighted by molar-refractivity contribution is 0.149. The summed E-state index contributed by atoms with van der Waals surface area (Å²) in [6.45, 7) is 0. The Morgan fingerprint density at radius 1 is 1.58 bits per heavy atom. The highest BCUT2D eigenvalue weighted by molar-refractivity contribution is 5.12. The summed E-state index contributed by atoms with van der Waals surface area (Å²) in [6.07, 6.45) is 3.53. The van der Waals surface area contributed by atoms with Crippen LogP contribution in [0.2, 0.25) is 0 Å². The maximum Gasteiger partial charge on any atom is 0.126 e. The highest BCUT2D eigenvalue weighted by atomic mass is 19.1. The molecule has 2 nitrogen and oxygen atoms in total. The van der Waals surface area contributed by atoms with Crippen molar-refractivity contribution in [3.63, 3.8) is 0 Å². The summed E-state index contributed by atoms with van der Waals surface area (Å²) in [5.41, 5.74) is 0.0517. The van der Waals surface area contributed by atoms with Crippen molar-refractivity contribution in [3.05, 3.63) is 29.8 Å². The minimum atomic E-state index is -0.583. The van der Waals surface area contributed by atoms with Crippen LogP contribution in [0.1, 0.15) is 18.5 Å². The first-order chi connectivity index (χ1) is 5.68. The van der Waals surface area contributed by atoms with E-state index in [0.29, 0.717) is 12.1 Å². The number of aliphatic hydroxyl groups is 1. The Morgan fingerprint density at radius 3 is 2.92 bits per heavy atom. The van der Waals surface area contributed by atoms with Gasteiger partial charge in [-0.3, -0.25) is 4.98 Å². The number of aromatic nitrogens is 1. The molecule has 2 rings (SSSR count). The van der Waals surface area contributed by atoms with Crippen molar-refractivity contribution in [1.82, 2.24) is 4.98 Å². The van der Waals surface area contributed by atoms with Crippen LogP contribution < -0.4 is 0 Å². The van der Waals surface area contributed by atoms with Gasteiger partial charge in [-0.25, -0.2) is 4.39 Å². The first-order valence-corrected chi connectivity index (χ1v) is 4.01. The lowest BCUT2D eigenvalue weighted by Crippen LogP contribution is -2.11. The molecule has 0 aliphatic heterocycles. The van der Waals surface area contributed by atoms with Gasteiger partial charge in [-0.05, 0) is 25.0 Å². The van der Waals surface area contributed by atoms with Crippen LogP contribution >= 0.6 is 0 Å². The smallest absolute Gasteiger partial charge is 0.126 e. The second-order valence-corrected chi connectivity index (χ2v) is 3.37. The van der Waals surface area contributed by atoms with E-state index in [1.54, 1.807) is 0 Å². The minimum Gasteiger partial charge on any atom is -0.389 e. The van der Waals surface area contributed by atoms with E-state index in [4.69, 9.17) is 0 Å². The van der Waals surface area contributed by atoms with Gasteiger partial charge in [0.1, 0.15) is 5.82 Å². The van der Waals surface area contributed by atoms with E-state index in [9.17, 15) is 9.50 Å². The van der Waals surface area contributed by atoms with Crippen LogP contribution in [0.15, 0.2) is 18.3 Å². The molecular formula is C9H10FNO. The molecule has 1 N–H and O–H groups in total. The molecule has 0 aromatic carbocycles. The van der Waals surface area contributed by atoms with E-state index in [1.807, 2.05) is 0 Å². The number of pyridine rings is 1. The largest absolute Gasteiger partial charge is 0.389 e. The first-order valence-electron chi connectivity index (χ1n) is 4.01. The molecular weight excluding hydrogens is 157 g/mol. The Morgan fingerprint density at radius 2 is 2.33 bits per heavy atom. The molecule has 3 heteroatoms. The van der Waals surface area contributed by atoms with Gasteiger partial charge in [-0.2, -0.15) is 0 Å². The maximum absolute atomic E-state index is 12.6. The maximum atomic E-state index is 12.6. The molecule has 1 aliphatic carbocycles. The van der Waals surface area contributed by atoms with Gasteiger partial charge in [0.15, 0.2) is 0 Å². The number of halogens is 1. The third-order valence-corrected chi connectivity index (χ3v) is 2.12. The monoisotopic (exact) mass is 167 g/mol. The van der Waals surface area contributed by atoms with Gasteiger partial charge in [0, 0.05) is 18.3 Å². The van der Waals surface area contributed by atoms with E-state index in [-0.39, 0.29) is 5.82 Å². The van der Waals surface area contributed by atoms with E-state index in [2.05, 4.69) is 4.98 Å². The van der Waals surface area contributed by atoms with Gasteiger partial charge in [0.25, 0.3) is 0 Å². The summed E-state index contributed by atoms with van der Waals surface area (Å²) in [7, 11) is 0. The fraction of sp³-hybridized carbons (Fsp3) is 0.444. The van der Waals surface area contributed by atoms with Gasteiger partial charge in [0.05, 0.1) is 5.60 Å². The Bertz CT molecular complexity index is 296. The second kappa shape index (κ2) is 2.52. The molecule has 1 aliphatic rings. The molecule has 1 fully saturated rings. The lowest BCUT2D eigenvalue weighted by atomic mass is 10.1. The molecule has 1 heterocycles. The molecule has 0 unspecified atom stereocenters. The van der Waals surface area contributed by atoms with Crippen LogP contribution in [0.3, 0.4) is 0 Å². The van der Waals surface area contributed by atoms with Crippen molar-refractivity contribution >= 4 is 0 Å². The normalized spacial score (nSPS) is 19.2. The first kappa shape index (κ1) is 7.68. The topological polar surface area (TPSA) is 33.1 Å². The minimum absolute atomic E-state index is 0.288. The van der Waals surface area contributed by atoms with Crippen LogP contribution in [0.4, 0.5) is 4.39 Å². The average Bonchev–Trinajstić information content (AvgIpc) is 2.67. The lowest BCUT2D eigenvalue weighted by Gasteiger charge is -2.05. The summed E-state index contributed by atoms with van der Waals surface area (Å²) < 4.78 is 12.6. The van der Waals surface area contributed by atoms with Crippen molar-refractivity contribution < 1.29 is 9.50 Å². The quantitative estimate of drug-likeness (QED) is 0.720. The summed E-state index contributed by atoms with van der Waals surface area (Å²) >= 11 is 0. The molecule has 1 saturated carbocycles. The zero-order chi connectivity index (χ0) is 8.60. The van der Waals surface area contributed by atoms with Crippen molar-refractivity contribution in [2.75, 3.05) is 0 Å². The third-order valence-electron chi connectivity index (χ3n) is 2.12. The summed E-state index contributed by atoms with van der Waals surface area (Å²) in [4.78, 5) is 3.96. The number of rotatable bonds is 2. The Hall–Kier alpha value is -0.960. The van der Waals surface area contributed by atoms with E-state index in [1.165, 1.54) is 18.3 Å². The molecule has 12 heavy (non-hydrogen) atoms. The van der Waals surface area contributed by atoms with Crippen LogP contribution in [-0.2, 0) is 6.42 Å². The predicted octanol–water partition coefficient (Wildman–Crippen LogP) is 1.29. The van der Waals surface area contributed by atoms with Crippen molar-refractivity contribution in [2.45, 2.75) is 24.9 Å². The van der Waals surface area contributed by atoms with E-state index >= 15 is 0 Å². The molecule has 0 radical (unpaired) electrons. The fourth-order valence-corrected chi connectivity index (χ4v) is 1.20. The molecule has 1 aromatic heterocycles. The molecule has 1 aromatic rings. The van der Waals surface area contributed by atoms with Gasteiger partial charge >= 0.3 is 0 Å². The van der Waals surface area contributed by atoms with Crippen LogP contribution in [0, 0.1) is 5.82 Å². The van der Waals surface area contributed by atoms with Gasteiger partial charge in [-0.1, -0.05) is 0 Å². The standard InChI is InChI=1S/C9H10FNO/c10-7-1-4-11-8(5-7)6-9(12)2-3-9/h1,4-5,12H,2-3,6H2. The highest BCUT2D eigenvalue weighted by Crippen LogP contribution is 2.37. The number of nitrogens with zero attached hydrogens (tertiary/aromatic N) is 1. The molecule has 0 saturated heterocycles. The Balaban J connectivity index is 2.12. The van der Waals surface area contributed by atoms with Crippen LogP contribution in [-0.4, -0.2) is 15.7 Å². The second-order valence-electron chi connectivity index (χ2n) is 3.37. The average molecular weight is 167 g/mol. The molecule has 64 valence electrons. The van der Waals surface area contributed by atoms with Gasteiger partial charge in [-0.15, -0.1) is 0 Å². The number of hydrogen-bond acceptors (Lipinski definition) is 2.